The van der Waals surface area contributed by atoms with E-state index in [0.29, 0.717) is 34.5 Å². The summed E-state index contributed by atoms with van der Waals surface area (Å²) >= 11 is 13.9. The van der Waals surface area contributed by atoms with Gasteiger partial charge < -0.3 is 5.32 Å². The highest BCUT2D eigenvalue weighted by Crippen LogP contribution is 2.28. The fraction of sp³-hybridized carbons (Fsp3) is 0.381. The summed E-state index contributed by atoms with van der Waals surface area (Å²) in [6.45, 7) is 2.73. The summed E-state index contributed by atoms with van der Waals surface area (Å²) in [6.07, 6.45) is 1.88. The molecule has 2 aromatic carbocycles. The van der Waals surface area contributed by atoms with Crippen LogP contribution < -0.4 is 9.62 Å². The van der Waals surface area contributed by atoms with Gasteiger partial charge in [-0.2, -0.15) is 11.8 Å². The number of hydrogen-bond donors (Lipinski definition) is 1. The van der Waals surface area contributed by atoms with Gasteiger partial charge in [-0.15, -0.1) is 0 Å². The van der Waals surface area contributed by atoms with Crippen LogP contribution in [0.2, 0.25) is 10.0 Å². The molecule has 0 radical (unpaired) electrons. The van der Waals surface area contributed by atoms with Crippen molar-refractivity contribution in [3.05, 3.63) is 63.6 Å². The number of amides is 1. The maximum absolute atomic E-state index is 12.1. The first kappa shape index (κ1) is 24.9. The molecule has 2 aromatic rings. The minimum Gasteiger partial charge on any atom is -0.355 e. The molecule has 5 nitrogen and oxygen atoms in total. The third kappa shape index (κ3) is 8.02. The minimum absolute atomic E-state index is 0.0938. The molecule has 0 aliphatic rings. The third-order valence-electron chi connectivity index (χ3n) is 4.36. The molecule has 0 unspecified atom stereocenters. The highest BCUT2D eigenvalue weighted by atomic mass is 35.5. The largest absolute Gasteiger partial charge is 0.355 e. The highest BCUT2D eigenvalue weighted by molar-refractivity contribution is 7.98. The first-order valence-corrected chi connectivity index (χ1v) is 13.3. The fourth-order valence-electron chi connectivity index (χ4n) is 2.78. The summed E-state index contributed by atoms with van der Waals surface area (Å²) in [6, 6.07) is 12.7. The van der Waals surface area contributed by atoms with Crippen molar-refractivity contribution in [2.24, 2.45) is 0 Å². The Hall–Kier alpha value is -1.41. The van der Waals surface area contributed by atoms with E-state index in [0.717, 1.165) is 16.9 Å². The molecule has 9 heteroatoms. The van der Waals surface area contributed by atoms with E-state index in [-0.39, 0.29) is 18.9 Å². The van der Waals surface area contributed by atoms with E-state index in [4.69, 9.17) is 23.2 Å². The predicted molar refractivity (Wildman–Crippen MR) is 128 cm³/mol. The van der Waals surface area contributed by atoms with Gasteiger partial charge in [-0.1, -0.05) is 47.0 Å². The first-order chi connectivity index (χ1) is 14.2. The summed E-state index contributed by atoms with van der Waals surface area (Å²) in [5.41, 5.74) is 2.56. The number of rotatable bonds is 11. The van der Waals surface area contributed by atoms with E-state index in [9.17, 15) is 13.2 Å². The van der Waals surface area contributed by atoms with E-state index in [1.54, 1.807) is 23.9 Å². The normalized spacial score (nSPS) is 11.3. The maximum atomic E-state index is 12.1. The summed E-state index contributed by atoms with van der Waals surface area (Å²) in [5.74, 6) is 1.31. The number of halogens is 2. The molecule has 0 aliphatic heterocycles. The van der Waals surface area contributed by atoms with E-state index in [1.807, 2.05) is 37.3 Å². The zero-order valence-corrected chi connectivity index (χ0v) is 20.2. The fourth-order valence-corrected chi connectivity index (χ4v) is 5.34. The van der Waals surface area contributed by atoms with Crippen molar-refractivity contribution in [1.29, 1.82) is 0 Å². The van der Waals surface area contributed by atoms with Gasteiger partial charge in [0.15, 0.2) is 0 Å². The van der Waals surface area contributed by atoms with Crippen LogP contribution in [0.3, 0.4) is 0 Å². The molecule has 1 amide bonds. The Morgan fingerprint density at radius 1 is 1.10 bits per heavy atom. The summed E-state index contributed by atoms with van der Waals surface area (Å²) < 4.78 is 25.5. The van der Waals surface area contributed by atoms with Crippen molar-refractivity contribution in [3.63, 3.8) is 0 Å². The number of nitrogens with one attached hydrogen (secondary N) is 1. The molecule has 0 aliphatic carbocycles. The van der Waals surface area contributed by atoms with Gasteiger partial charge >= 0.3 is 0 Å². The van der Waals surface area contributed by atoms with Crippen LogP contribution in [0, 0.1) is 6.92 Å². The molecular weight excluding hydrogens is 463 g/mol. The van der Waals surface area contributed by atoms with Gasteiger partial charge in [-0.3, -0.25) is 9.10 Å². The molecule has 0 atom stereocenters. The van der Waals surface area contributed by atoms with Crippen molar-refractivity contribution in [2.75, 3.05) is 29.4 Å². The van der Waals surface area contributed by atoms with Crippen molar-refractivity contribution < 1.29 is 13.2 Å². The first-order valence-electron chi connectivity index (χ1n) is 9.50. The molecule has 30 heavy (non-hydrogen) atoms. The molecule has 0 bridgehead atoms. The standard InChI is InChI=1S/C21H26Cl2N2O3S2/c1-16-8-10-17(11-9-16)25(30(2,27)28)13-4-7-21(26)24-12-14-29-15-18-19(22)5-3-6-20(18)23/h3,5-6,8-11H,4,7,12-15H2,1-2H3,(H,24,26). The molecular formula is C21H26Cl2N2O3S2. The summed E-state index contributed by atoms with van der Waals surface area (Å²) in [4.78, 5) is 12.1. The molecule has 0 heterocycles. The van der Waals surface area contributed by atoms with Crippen LogP contribution in [-0.2, 0) is 20.6 Å². The van der Waals surface area contributed by atoms with Crippen molar-refractivity contribution >= 4 is 56.6 Å². The van der Waals surface area contributed by atoms with Gasteiger partial charge in [0.2, 0.25) is 15.9 Å². The van der Waals surface area contributed by atoms with Crippen molar-refractivity contribution in [1.82, 2.24) is 5.32 Å². The second-order valence-corrected chi connectivity index (χ2v) is 10.7. The van der Waals surface area contributed by atoms with Crippen LogP contribution in [0.25, 0.3) is 0 Å². The van der Waals surface area contributed by atoms with Gasteiger partial charge in [-0.25, -0.2) is 8.42 Å². The van der Waals surface area contributed by atoms with Gasteiger partial charge in [-0.05, 0) is 43.2 Å². The number of aryl methyl sites for hydroxylation is 1. The van der Waals surface area contributed by atoms with Gasteiger partial charge in [0.25, 0.3) is 0 Å². The van der Waals surface area contributed by atoms with Crippen LogP contribution in [0.5, 0.6) is 0 Å². The van der Waals surface area contributed by atoms with Gasteiger partial charge in [0, 0.05) is 41.1 Å². The number of carbonyl (C=O) groups is 1. The Bertz CT molecular complexity index is 931. The maximum Gasteiger partial charge on any atom is 0.232 e. The molecule has 164 valence electrons. The van der Waals surface area contributed by atoms with Gasteiger partial charge in [0.1, 0.15) is 0 Å². The zero-order chi connectivity index (χ0) is 22.1. The topological polar surface area (TPSA) is 66.5 Å². The molecule has 0 fully saturated rings. The second-order valence-electron chi connectivity index (χ2n) is 6.88. The lowest BCUT2D eigenvalue weighted by Crippen LogP contribution is -2.32. The number of carbonyl (C=O) groups excluding carboxylic acids is 1. The highest BCUT2D eigenvalue weighted by Gasteiger charge is 2.17. The minimum atomic E-state index is -3.41. The third-order valence-corrected chi connectivity index (χ3v) is 7.25. The SMILES string of the molecule is Cc1ccc(N(CCCC(=O)NCCSCc2c(Cl)cccc2Cl)S(C)(=O)=O)cc1. The second kappa shape index (κ2) is 11.8. The smallest absolute Gasteiger partial charge is 0.232 e. The number of anilines is 1. The number of thioether (sulfide) groups is 1. The van der Waals surface area contributed by atoms with E-state index < -0.39 is 10.0 Å². The Labute approximate surface area is 193 Å². The molecule has 2 rings (SSSR count). The average molecular weight is 489 g/mol. The monoisotopic (exact) mass is 488 g/mol. The zero-order valence-electron chi connectivity index (χ0n) is 17.0. The summed E-state index contributed by atoms with van der Waals surface area (Å²) in [5, 5.41) is 4.15. The lowest BCUT2D eigenvalue weighted by atomic mass is 10.2. The van der Waals surface area contributed by atoms with E-state index in [1.165, 1.54) is 10.6 Å². The molecule has 0 saturated heterocycles. The quantitative estimate of drug-likeness (QED) is 0.456. The van der Waals surface area contributed by atoms with Crippen molar-refractivity contribution in [2.45, 2.75) is 25.5 Å². The average Bonchev–Trinajstić information content (AvgIpc) is 2.67. The van der Waals surface area contributed by atoms with Gasteiger partial charge in [0.05, 0.1) is 11.9 Å². The van der Waals surface area contributed by atoms with Crippen LogP contribution in [0.1, 0.15) is 24.0 Å². The van der Waals surface area contributed by atoms with E-state index in [2.05, 4.69) is 5.32 Å². The lowest BCUT2D eigenvalue weighted by molar-refractivity contribution is -0.121. The van der Waals surface area contributed by atoms with Crippen LogP contribution in [-0.4, -0.2) is 39.4 Å². The molecule has 0 saturated carbocycles. The number of sulfonamides is 1. The number of nitrogens with zero attached hydrogens (tertiary/aromatic N) is 1. The predicted octanol–water partition coefficient (Wildman–Crippen LogP) is 4.90. The number of hydrogen-bond acceptors (Lipinski definition) is 4. The van der Waals surface area contributed by atoms with Crippen LogP contribution >= 0.6 is 35.0 Å². The van der Waals surface area contributed by atoms with Crippen LogP contribution in [0.4, 0.5) is 5.69 Å². The lowest BCUT2D eigenvalue weighted by Gasteiger charge is -2.22. The Kier molecular flexibility index (Phi) is 9.81. The Morgan fingerprint density at radius 3 is 2.33 bits per heavy atom. The molecule has 1 N–H and O–H groups in total. The summed E-state index contributed by atoms with van der Waals surface area (Å²) in [7, 11) is -3.41. The molecule has 0 spiro atoms. The van der Waals surface area contributed by atoms with Crippen LogP contribution in [0.15, 0.2) is 42.5 Å². The van der Waals surface area contributed by atoms with Crippen molar-refractivity contribution in [3.8, 4) is 0 Å². The van der Waals surface area contributed by atoms with E-state index >= 15 is 0 Å². The Balaban J connectivity index is 1.71. The Morgan fingerprint density at radius 2 is 1.73 bits per heavy atom. The molecule has 0 aromatic heterocycles. The number of benzene rings is 2.